The average Bonchev–Trinajstić information content (AvgIpc) is 2.42. The highest BCUT2D eigenvalue weighted by molar-refractivity contribution is 9.10. The summed E-state index contributed by atoms with van der Waals surface area (Å²) in [5.74, 6) is -2.51. The molecular formula is C14H16BrF2NO3. The first-order chi connectivity index (χ1) is 9.81. The summed E-state index contributed by atoms with van der Waals surface area (Å²) in [6.45, 7) is 0.0529. The normalized spacial score (nSPS) is 25.6. The van der Waals surface area contributed by atoms with Crippen LogP contribution >= 0.6 is 15.9 Å². The fourth-order valence-electron chi connectivity index (χ4n) is 2.50. The monoisotopic (exact) mass is 363 g/mol. The van der Waals surface area contributed by atoms with E-state index in [2.05, 4.69) is 21.2 Å². The van der Waals surface area contributed by atoms with Crippen LogP contribution < -0.4 is 5.32 Å². The van der Waals surface area contributed by atoms with Gasteiger partial charge in [-0.3, -0.25) is 4.79 Å². The molecule has 1 fully saturated rings. The topological polar surface area (TPSA) is 69.6 Å². The van der Waals surface area contributed by atoms with Crippen molar-refractivity contribution in [3.05, 3.63) is 28.2 Å². The number of halogens is 3. The third-order valence-corrected chi connectivity index (χ3v) is 4.49. The van der Waals surface area contributed by atoms with Gasteiger partial charge in [0, 0.05) is 12.6 Å². The van der Waals surface area contributed by atoms with Crippen molar-refractivity contribution in [1.29, 1.82) is 0 Å². The maximum absolute atomic E-state index is 13.7. The summed E-state index contributed by atoms with van der Waals surface area (Å²) in [5, 5.41) is 22.0. The maximum atomic E-state index is 13.7. The molecule has 1 saturated carbocycles. The van der Waals surface area contributed by atoms with Crippen LogP contribution in [-0.4, -0.2) is 28.3 Å². The van der Waals surface area contributed by atoms with Gasteiger partial charge in [0.1, 0.15) is 11.6 Å². The van der Waals surface area contributed by atoms with E-state index >= 15 is 0 Å². The van der Waals surface area contributed by atoms with E-state index in [1.54, 1.807) is 0 Å². The zero-order valence-electron chi connectivity index (χ0n) is 11.2. The van der Waals surface area contributed by atoms with E-state index < -0.39 is 29.1 Å². The Hall–Kier alpha value is -1.21. The van der Waals surface area contributed by atoms with Gasteiger partial charge in [0.25, 0.3) is 0 Å². The molecule has 0 aliphatic heterocycles. The number of hydrogen-bond donors (Lipinski definition) is 3. The highest BCUT2D eigenvalue weighted by atomic mass is 79.9. The van der Waals surface area contributed by atoms with Crippen molar-refractivity contribution in [3.8, 4) is 0 Å². The van der Waals surface area contributed by atoms with Gasteiger partial charge in [0.15, 0.2) is 0 Å². The Bertz CT molecular complexity index is 545. The molecule has 116 valence electrons. The molecule has 0 unspecified atom stereocenters. The van der Waals surface area contributed by atoms with Crippen LogP contribution in [0.4, 0.5) is 14.5 Å². The number of carboxylic acid groups (broad SMARTS) is 1. The third kappa shape index (κ3) is 3.91. The van der Waals surface area contributed by atoms with E-state index in [0.717, 1.165) is 12.1 Å². The van der Waals surface area contributed by atoms with Gasteiger partial charge in [0.2, 0.25) is 0 Å². The Morgan fingerprint density at radius 2 is 1.95 bits per heavy atom. The van der Waals surface area contributed by atoms with Crippen LogP contribution in [0.15, 0.2) is 16.6 Å². The molecular weight excluding hydrogens is 348 g/mol. The van der Waals surface area contributed by atoms with E-state index in [1.807, 2.05) is 0 Å². The number of carboxylic acids is 1. The molecule has 0 bridgehead atoms. The molecule has 0 radical (unpaired) electrons. The van der Waals surface area contributed by atoms with E-state index in [4.69, 9.17) is 5.11 Å². The van der Waals surface area contributed by atoms with Gasteiger partial charge < -0.3 is 15.5 Å². The van der Waals surface area contributed by atoms with E-state index in [-0.39, 0.29) is 16.7 Å². The molecule has 0 amide bonds. The first-order valence-corrected chi connectivity index (χ1v) is 7.44. The molecule has 0 spiro atoms. The first-order valence-electron chi connectivity index (χ1n) is 6.64. The summed E-state index contributed by atoms with van der Waals surface area (Å²) in [6.07, 6.45) is 1.39. The summed E-state index contributed by atoms with van der Waals surface area (Å²) >= 11 is 2.89. The SMILES string of the molecule is O=C(O)C1CCC(O)(CNc2cc(F)c(Br)cc2F)CC1. The minimum Gasteiger partial charge on any atom is -0.481 e. The largest absolute Gasteiger partial charge is 0.481 e. The lowest BCUT2D eigenvalue weighted by molar-refractivity contribution is -0.144. The van der Waals surface area contributed by atoms with E-state index in [9.17, 15) is 18.7 Å². The van der Waals surface area contributed by atoms with Crippen molar-refractivity contribution >= 4 is 27.6 Å². The van der Waals surface area contributed by atoms with Crippen LogP contribution in [0.25, 0.3) is 0 Å². The molecule has 1 aromatic carbocycles. The zero-order valence-corrected chi connectivity index (χ0v) is 12.8. The minimum atomic E-state index is -1.10. The zero-order chi connectivity index (χ0) is 15.6. The number of aliphatic carboxylic acids is 1. The van der Waals surface area contributed by atoms with Gasteiger partial charge in [-0.15, -0.1) is 0 Å². The standard InChI is InChI=1S/C14H16BrF2NO3/c15-9-5-11(17)12(6-10(9)16)18-7-14(21)3-1-8(2-4-14)13(19)20/h5-6,8,18,21H,1-4,7H2,(H,19,20). The summed E-state index contributed by atoms with van der Waals surface area (Å²) in [4.78, 5) is 10.9. The highest BCUT2D eigenvalue weighted by Gasteiger charge is 2.35. The van der Waals surface area contributed by atoms with E-state index in [1.165, 1.54) is 0 Å². The molecule has 4 nitrogen and oxygen atoms in total. The van der Waals surface area contributed by atoms with Crippen LogP contribution in [-0.2, 0) is 4.79 Å². The quantitative estimate of drug-likeness (QED) is 0.718. The van der Waals surface area contributed by atoms with Gasteiger partial charge in [-0.1, -0.05) is 0 Å². The second kappa shape index (κ2) is 6.27. The molecule has 3 N–H and O–H groups in total. The molecule has 0 heterocycles. The highest BCUT2D eigenvalue weighted by Crippen LogP contribution is 2.33. The lowest BCUT2D eigenvalue weighted by Gasteiger charge is -2.35. The van der Waals surface area contributed by atoms with Crippen LogP contribution in [0.2, 0.25) is 0 Å². The molecule has 2 rings (SSSR count). The number of aliphatic hydroxyl groups is 1. The number of hydrogen-bond acceptors (Lipinski definition) is 3. The van der Waals surface area contributed by atoms with E-state index in [0.29, 0.717) is 25.7 Å². The average molecular weight is 364 g/mol. The molecule has 1 aliphatic carbocycles. The van der Waals surface area contributed by atoms with Crippen molar-refractivity contribution in [2.24, 2.45) is 5.92 Å². The Morgan fingerprint density at radius 1 is 1.33 bits per heavy atom. The summed E-state index contributed by atoms with van der Waals surface area (Å²) in [7, 11) is 0. The van der Waals surface area contributed by atoms with Gasteiger partial charge >= 0.3 is 5.97 Å². The number of anilines is 1. The molecule has 0 aromatic heterocycles. The van der Waals surface area contributed by atoms with Crippen LogP contribution in [0, 0.1) is 17.6 Å². The summed E-state index contributed by atoms with van der Waals surface area (Å²) < 4.78 is 27.1. The van der Waals surface area contributed by atoms with Crippen LogP contribution in [0.1, 0.15) is 25.7 Å². The van der Waals surface area contributed by atoms with Gasteiger partial charge in [-0.05, 0) is 47.7 Å². The molecule has 1 aliphatic rings. The fraction of sp³-hybridized carbons (Fsp3) is 0.500. The Balaban J connectivity index is 1.97. The molecule has 0 saturated heterocycles. The third-order valence-electron chi connectivity index (χ3n) is 3.88. The maximum Gasteiger partial charge on any atom is 0.306 e. The molecule has 7 heteroatoms. The van der Waals surface area contributed by atoms with Crippen molar-refractivity contribution in [2.45, 2.75) is 31.3 Å². The Morgan fingerprint density at radius 3 is 2.52 bits per heavy atom. The van der Waals surface area contributed by atoms with Gasteiger partial charge in [-0.25, -0.2) is 8.78 Å². The van der Waals surface area contributed by atoms with Gasteiger partial charge in [0.05, 0.1) is 21.7 Å². The van der Waals surface area contributed by atoms with Crippen molar-refractivity contribution in [2.75, 3.05) is 11.9 Å². The molecule has 0 atom stereocenters. The number of nitrogens with one attached hydrogen (secondary N) is 1. The van der Waals surface area contributed by atoms with Crippen LogP contribution in [0.5, 0.6) is 0 Å². The Kier molecular flexibility index (Phi) is 4.83. The van der Waals surface area contributed by atoms with Crippen molar-refractivity contribution in [1.82, 2.24) is 0 Å². The predicted molar refractivity (Wildman–Crippen MR) is 77.1 cm³/mol. The van der Waals surface area contributed by atoms with Crippen molar-refractivity contribution < 1.29 is 23.8 Å². The first kappa shape index (κ1) is 16.2. The summed E-state index contributed by atoms with van der Waals surface area (Å²) in [6, 6.07) is 2.04. The predicted octanol–water partition coefficient (Wildman–Crippen LogP) is 3.15. The smallest absolute Gasteiger partial charge is 0.306 e. The molecule has 21 heavy (non-hydrogen) atoms. The Labute approximate surface area is 129 Å². The fourth-order valence-corrected chi connectivity index (χ4v) is 2.81. The second-order valence-corrected chi connectivity index (χ2v) is 6.29. The number of benzene rings is 1. The van der Waals surface area contributed by atoms with Crippen molar-refractivity contribution in [3.63, 3.8) is 0 Å². The minimum absolute atomic E-state index is 0.0236. The van der Waals surface area contributed by atoms with Crippen LogP contribution in [0.3, 0.4) is 0 Å². The summed E-state index contributed by atoms with van der Waals surface area (Å²) in [5.41, 5.74) is -1.12. The second-order valence-electron chi connectivity index (χ2n) is 5.44. The number of carbonyl (C=O) groups is 1. The van der Waals surface area contributed by atoms with Gasteiger partial charge in [-0.2, -0.15) is 0 Å². The lowest BCUT2D eigenvalue weighted by atomic mass is 9.79. The molecule has 1 aromatic rings. The lowest BCUT2D eigenvalue weighted by Crippen LogP contribution is -2.42. The number of rotatable bonds is 4.